The number of aliphatic carboxylic acids is 1. The van der Waals surface area contributed by atoms with Gasteiger partial charge in [0.15, 0.2) is 0 Å². The highest BCUT2D eigenvalue weighted by atomic mass is 32.1. The van der Waals surface area contributed by atoms with E-state index in [2.05, 4.69) is 15.5 Å². The maximum absolute atomic E-state index is 11.7. The van der Waals surface area contributed by atoms with Crippen LogP contribution in [0, 0.1) is 0 Å². The van der Waals surface area contributed by atoms with Crippen molar-refractivity contribution in [2.24, 2.45) is 0 Å². The molecule has 17 heavy (non-hydrogen) atoms. The van der Waals surface area contributed by atoms with Crippen LogP contribution in [-0.4, -0.2) is 45.3 Å². The minimum atomic E-state index is -1.05. The van der Waals surface area contributed by atoms with E-state index < -0.39 is 12.0 Å². The molecule has 7 nitrogen and oxygen atoms in total. The summed E-state index contributed by atoms with van der Waals surface area (Å²) in [7, 11) is 0. The zero-order valence-electron chi connectivity index (χ0n) is 9.63. The summed E-state index contributed by atoms with van der Waals surface area (Å²) in [4.78, 5) is 23.4. The third kappa shape index (κ3) is 3.99. The van der Waals surface area contributed by atoms with Crippen LogP contribution in [-0.2, 0) is 11.2 Å². The number of nitrogens with one attached hydrogen (secondary N) is 1. The van der Waals surface area contributed by atoms with Crippen LogP contribution in [0.3, 0.4) is 0 Å². The molecule has 1 aromatic rings. The van der Waals surface area contributed by atoms with Gasteiger partial charge >= 0.3 is 12.0 Å². The van der Waals surface area contributed by atoms with Gasteiger partial charge in [0.2, 0.25) is 5.13 Å². The number of aryl methyl sites for hydroxylation is 1. The van der Waals surface area contributed by atoms with Crippen molar-refractivity contribution >= 4 is 28.5 Å². The average Bonchev–Trinajstić information content (AvgIpc) is 2.73. The quantitative estimate of drug-likeness (QED) is 0.822. The van der Waals surface area contributed by atoms with Gasteiger partial charge in [0.1, 0.15) is 11.6 Å². The number of rotatable bonds is 5. The van der Waals surface area contributed by atoms with Crippen molar-refractivity contribution in [1.29, 1.82) is 0 Å². The molecule has 2 amide bonds. The largest absolute Gasteiger partial charge is 0.480 e. The number of carboxylic acids is 1. The smallest absolute Gasteiger partial charge is 0.324 e. The first-order chi connectivity index (χ1) is 8.06. The van der Waals surface area contributed by atoms with Crippen molar-refractivity contribution < 1.29 is 14.7 Å². The minimum absolute atomic E-state index is 0.317. The zero-order chi connectivity index (χ0) is 12.8. The summed E-state index contributed by atoms with van der Waals surface area (Å²) in [6.45, 7) is 3.63. The normalized spacial score (nSPS) is 10.0. The highest BCUT2D eigenvalue weighted by Crippen LogP contribution is 2.15. The van der Waals surface area contributed by atoms with E-state index in [-0.39, 0.29) is 6.54 Å². The monoisotopic (exact) mass is 258 g/mol. The Hall–Kier alpha value is -1.70. The Bertz CT molecular complexity index is 407. The molecule has 1 aromatic heterocycles. The molecular weight excluding hydrogens is 244 g/mol. The third-order valence-corrected chi connectivity index (χ3v) is 2.96. The Balaban J connectivity index is 2.60. The van der Waals surface area contributed by atoms with Gasteiger partial charge in [0.05, 0.1) is 0 Å². The summed E-state index contributed by atoms with van der Waals surface area (Å²) in [5, 5.41) is 20.0. The molecule has 0 saturated heterocycles. The van der Waals surface area contributed by atoms with Gasteiger partial charge in [0.25, 0.3) is 0 Å². The first-order valence-electron chi connectivity index (χ1n) is 5.16. The number of carbonyl (C=O) groups excluding carboxylic acids is 1. The van der Waals surface area contributed by atoms with E-state index in [0.717, 1.165) is 11.4 Å². The van der Waals surface area contributed by atoms with Crippen LogP contribution in [0.25, 0.3) is 0 Å². The summed E-state index contributed by atoms with van der Waals surface area (Å²) in [6.07, 6.45) is 0.750. The third-order valence-electron chi connectivity index (χ3n) is 1.98. The van der Waals surface area contributed by atoms with E-state index in [1.165, 1.54) is 16.2 Å². The molecule has 0 atom stereocenters. The predicted molar refractivity (Wildman–Crippen MR) is 63.2 cm³/mol. The van der Waals surface area contributed by atoms with Gasteiger partial charge in [-0.05, 0) is 13.3 Å². The molecule has 0 aliphatic rings. The van der Waals surface area contributed by atoms with E-state index in [1.807, 2.05) is 6.92 Å². The summed E-state index contributed by atoms with van der Waals surface area (Å²) >= 11 is 1.28. The minimum Gasteiger partial charge on any atom is -0.480 e. The number of carboxylic acid groups (broad SMARTS) is 1. The number of nitrogens with zero attached hydrogens (tertiary/aromatic N) is 3. The van der Waals surface area contributed by atoms with Crippen molar-refractivity contribution in [3.05, 3.63) is 5.01 Å². The van der Waals surface area contributed by atoms with Gasteiger partial charge in [-0.3, -0.25) is 10.1 Å². The lowest BCUT2D eigenvalue weighted by atomic mass is 10.5. The predicted octanol–water partition coefficient (Wildman–Crippen LogP) is 1.04. The van der Waals surface area contributed by atoms with Crippen molar-refractivity contribution in [3.8, 4) is 0 Å². The Morgan fingerprint density at radius 1 is 1.41 bits per heavy atom. The Morgan fingerprint density at radius 2 is 2.12 bits per heavy atom. The lowest BCUT2D eigenvalue weighted by Crippen LogP contribution is -2.38. The molecule has 94 valence electrons. The summed E-state index contributed by atoms with van der Waals surface area (Å²) in [5.74, 6) is -1.05. The molecule has 0 aliphatic heterocycles. The number of amides is 2. The molecule has 0 saturated carbocycles. The second kappa shape index (κ2) is 6.14. The van der Waals surface area contributed by atoms with Crippen LogP contribution in [0.1, 0.15) is 18.9 Å². The molecule has 0 radical (unpaired) electrons. The van der Waals surface area contributed by atoms with E-state index in [0.29, 0.717) is 11.7 Å². The maximum atomic E-state index is 11.7. The molecule has 0 aromatic carbocycles. The fourth-order valence-corrected chi connectivity index (χ4v) is 1.78. The number of hydrogen-bond acceptors (Lipinski definition) is 5. The molecule has 0 spiro atoms. The molecule has 0 fully saturated rings. The number of hydrogen-bond donors (Lipinski definition) is 2. The number of carbonyl (C=O) groups is 2. The van der Waals surface area contributed by atoms with Gasteiger partial charge in [0, 0.05) is 6.54 Å². The van der Waals surface area contributed by atoms with Gasteiger partial charge < -0.3 is 10.0 Å². The van der Waals surface area contributed by atoms with Crippen LogP contribution >= 0.6 is 11.3 Å². The van der Waals surface area contributed by atoms with Crippen molar-refractivity contribution in [2.75, 3.05) is 18.4 Å². The molecule has 0 unspecified atom stereocenters. The number of aromatic nitrogens is 2. The zero-order valence-corrected chi connectivity index (χ0v) is 10.5. The van der Waals surface area contributed by atoms with E-state index in [9.17, 15) is 9.59 Å². The molecular formula is C9H14N4O3S. The Labute approximate surface area is 102 Å². The highest BCUT2D eigenvalue weighted by molar-refractivity contribution is 7.15. The molecule has 1 rings (SSSR count). The average molecular weight is 258 g/mol. The highest BCUT2D eigenvalue weighted by Gasteiger charge is 2.16. The number of likely N-dealkylation sites (N-methyl/N-ethyl adjacent to an activating group) is 1. The number of urea groups is 1. The SMILES string of the molecule is CCc1nnc(NC(=O)N(CC)CC(=O)O)s1. The Morgan fingerprint density at radius 3 is 2.59 bits per heavy atom. The Kier molecular flexibility index (Phi) is 4.83. The molecule has 8 heteroatoms. The molecule has 1 heterocycles. The second-order valence-electron chi connectivity index (χ2n) is 3.19. The van der Waals surface area contributed by atoms with E-state index in [1.54, 1.807) is 6.92 Å². The first kappa shape index (κ1) is 13.4. The van der Waals surface area contributed by atoms with Crippen LogP contribution in [0.4, 0.5) is 9.93 Å². The van der Waals surface area contributed by atoms with Crippen LogP contribution in [0.15, 0.2) is 0 Å². The first-order valence-corrected chi connectivity index (χ1v) is 5.98. The summed E-state index contributed by atoms with van der Waals surface area (Å²) < 4.78 is 0. The van der Waals surface area contributed by atoms with Crippen LogP contribution in [0.5, 0.6) is 0 Å². The molecule has 2 N–H and O–H groups in total. The second-order valence-corrected chi connectivity index (χ2v) is 4.25. The van der Waals surface area contributed by atoms with Crippen molar-refractivity contribution in [2.45, 2.75) is 20.3 Å². The van der Waals surface area contributed by atoms with Crippen LogP contribution < -0.4 is 5.32 Å². The van der Waals surface area contributed by atoms with Gasteiger partial charge in [-0.15, -0.1) is 10.2 Å². The standard InChI is InChI=1S/C9H14N4O3S/c1-3-6-11-12-8(17-6)10-9(16)13(4-2)5-7(14)15/h3-5H2,1-2H3,(H,14,15)(H,10,12,16). The number of anilines is 1. The van der Waals surface area contributed by atoms with Crippen LogP contribution in [0.2, 0.25) is 0 Å². The van der Waals surface area contributed by atoms with Gasteiger partial charge in [-0.2, -0.15) is 0 Å². The topological polar surface area (TPSA) is 95.4 Å². The fourth-order valence-electron chi connectivity index (χ4n) is 1.11. The van der Waals surface area contributed by atoms with Crippen molar-refractivity contribution in [3.63, 3.8) is 0 Å². The summed E-state index contributed by atoms with van der Waals surface area (Å²) in [5.41, 5.74) is 0. The van der Waals surface area contributed by atoms with Gasteiger partial charge in [-0.25, -0.2) is 4.79 Å². The molecule has 0 aliphatic carbocycles. The van der Waals surface area contributed by atoms with E-state index in [4.69, 9.17) is 5.11 Å². The fraction of sp³-hybridized carbons (Fsp3) is 0.556. The lowest BCUT2D eigenvalue weighted by molar-refractivity contribution is -0.137. The van der Waals surface area contributed by atoms with E-state index >= 15 is 0 Å². The molecule has 0 bridgehead atoms. The summed E-state index contributed by atoms with van der Waals surface area (Å²) in [6, 6.07) is -0.478. The van der Waals surface area contributed by atoms with Crippen molar-refractivity contribution in [1.82, 2.24) is 15.1 Å². The lowest BCUT2D eigenvalue weighted by Gasteiger charge is -2.17. The maximum Gasteiger partial charge on any atom is 0.324 e. The van der Waals surface area contributed by atoms with Gasteiger partial charge in [-0.1, -0.05) is 18.3 Å².